The fourth-order valence-electron chi connectivity index (χ4n) is 3.33. The van der Waals surface area contributed by atoms with Crippen LogP contribution in [0.3, 0.4) is 0 Å². The summed E-state index contributed by atoms with van der Waals surface area (Å²) in [6.07, 6.45) is 2.57. The van der Waals surface area contributed by atoms with Gasteiger partial charge in [0.15, 0.2) is 0 Å². The monoisotopic (exact) mass is 334 g/mol. The first kappa shape index (κ1) is 15.9. The van der Waals surface area contributed by atoms with Gasteiger partial charge in [-0.2, -0.15) is 0 Å². The quantitative estimate of drug-likeness (QED) is 0.753. The van der Waals surface area contributed by atoms with Gasteiger partial charge in [-0.3, -0.25) is 9.69 Å². The smallest absolute Gasteiger partial charge is 0.248 e. The zero-order valence-corrected chi connectivity index (χ0v) is 14.2. The largest absolute Gasteiger partial charge is 0.488 e. The first-order valence-electron chi connectivity index (χ1n) is 8.82. The van der Waals surface area contributed by atoms with Gasteiger partial charge in [0.25, 0.3) is 0 Å². The van der Waals surface area contributed by atoms with Crippen molar-refractivity contribution in [3.05, 3.63) is 76.6 Å². The second kappa shape index (κ2) is 7.11. The number of benzene rings is 2. The number of nitrogens with zero attached hydrogens (tertiary/aromatic N) is 1. The van der Waals surface area contributed by atoms with Gasteiger partial charge < -0.3 is 9.72 Å². The fourth-order valence-corrected chi connectivity index (χ4v) is 3.33. The Balaban J connectivity index is 1.24. The molecule has 1 fully saturated rings. The van der Waals surface area contributed by atoms with Gasteiger partial charge in [-0.05, 0) is 49.2 Å². The van der Waals surface area contributed by atoms with Gasteiger partial charge in [0.05, 0.1) is 0 Å². The van der Waals surface area contributed by atoms with Crippen molar-refractivity contribution in [2.45, 2.75) is 18.9 Å². The average Bonchev–Trinajstić information content (AvgIpc) is 2.60. The maximum Gasteiger partial charge on any atom is 0.248 e. The van der Waals surface area contributed by atoms with E-state index in [4.69, 9.17) is 4.74 Å². The Morgan fingerprint density at radius 1 is 1.04 bits per heavy atom. The molecule has 3 aromatic rings. The summed E-state index contributed by atoms with van der Waals surface area (Å²) in [6.45, 7) is 3.09. The summed E-state index contributed by atoms with van der Waals surface area (Å²) in [5, 5.41) is 0.996. The van der Waals surface area contributed by atoms with Crippen molar-refractivity contribution < 1.29 is 4.74 Å². The summed E-state index contributed by atoms with van der Waals surface area (Å²) in [7, 11) is 0. The van der Waals surface area contributed by atoms with Crippen LogP contribution in [0.25, 0.3) is 10.9 Å². The van der Waals surface area contributed by atoms with Crippen LogP contribution in [0, 0.1) is 0 Å². The van der Waals surface area contributed by atoms with E-state index in [2.05, 4.69) is 40.2 Å². The third-order valence-corrected chi connectivity index (χ3v) is 4.70. The van der Waals surface area contributed by atoms with Gasteiger partial charge in [-0.15, -0.1) is 0 Å². The molecule has 2 heterocycles. The summed E-state index contributed by atoms with van der Waals surface area (Å²) < 4.78 is 6.05. The number of hydrogen-bond donors (Lipinski definition) is 1. The van der Waals surface area contributed by atoms with Gasteiger partial charge in [-0.25, -0.2) is 0 Å². The molecule has 4 rings (SSSR count). The Morgan fingerprint density at radius 2 is 1.88 bits per heavy atom. The Kier molecular flexibility index (Phi) is 4.53. The minimum absolute atomic E-state index is 0.0775. The standard InChI is InChI=1S/C21H22N2O2/c24-21-11-8-17-13-18(9-10-20(17)22-21)25-19-14-23(15-19)12-4-7-16-5-2-1-3-6-16/h1-3,5-6,8-11,13,19H,4,7,12,14-15H2,(H,22,24). The summed E-state index contributed by atoms with van der Waals surface area (Å²) in [6, 6.07) is 19.8. The van der Waals surface area contributed by atoms with Crippen LogP contribution in [-0.4, -0.2) is 35.6 Å². The molecule has 0 unspecified atom stereocenters. The molecule has 0 bridgehead atoms. The molecule has 1 saturated heterocycles. The molecule has 4 heteroatoms. The highest BCUT2D eigenvalue weighted by molar-refractivity contribution is 5.79. The maximum atomic E-state index is 11.3. The van der Waals surface area contributed by atoms with E-state index in [1.165, 1.54) is 12.0 Å². The van der Waals surface area contributed by atoms with Crippen molar-refractivity contribution >= 4 is 10.9 Å². The third kappa shape index (κ3) is 3.91. The van der Waals surface area contributed by atoms with Gasteiger partial charge in [0, 0.05) is 30.1 Å². The zero-order valence-electron chi connectivity index (χ0n) is 14.2. The Morgan fingerprint density at radius 3 is 2.72 bits per heavy atom. The van der Waals surface area contributed by atoms with Crippen LogP contribution in [0.15, 0.2) is 65.5 Å². The highest BCUT2D eigenvalue weighted by atomic mass is 16.5. The van der Waals surface area contributed by atoms with Crippen molar-refractivity contribution in [2.24, 2.45) is 0 Å². The zero-order chi connectivity index (χ0) is 17.1. The number of fused-ring (bicyclic) bond motifs is 1. The molecule has 1 aliphatic rings. The molecule has 0 saturated carbocycles. The second-order valence-corrected chi connectivity index (χ2v) is 6.66. The van der Waals surface area contributed by atoms with E-state index in [1.807, 2.05) is 24.3 Å². The number of aromatic amines is 1. The lowest BCUT2D eigenvalue weighted by Crippen LogP contribution is -2.53. The highest BCUT2D eigenvalue weighted by Gasteiger charge is 2.27. The van der Waals surface area contributed by atoms with E-state index in [9.17, 15) is 4.79 Å². The number of likely N-dealkylation sites (tertiary alicyclic amines) is 1. The van der Waals surface area contributed by atoms with Crippen molar-refractivity contribution in [3.63, 3.8) is 0 Å². The van der Waals surface area contributed by atoms with Gasteiger partial charge in [0.1, 0.15) is 11.9 Å². The highest BCUT2D eigenvalue weighted by Crippen LogP contribution is 2.22. The molecule has 1 N–H and O–H groups in total. The molecule has 0 aliphatic carbocycles. The van der Waals surface area contributed by atoms with Crippen LogP contribution in [0.1, 0.15) is 12.0 Å². The van der Waals surface area contributed by atoms with E-state index in [1.54, 1.807) is 6.07 Å². The predicted octanol–water partition coefficient (Wildman–Crippen LogP) is 3.22. The number of aryl methyl sites for hydroxylation is 1. The third-order valence-electron chi connectivity index (χ3n) is 4.70. The molecule has 25 heavy (non-hydrogen) atoms. The van der Waals surface area contributed by atoms with E-state index in [-0.39, 0.29) is 11.7 Å². The second-order valence-electron chi connectivity index (χ2n) is 6.66. The molecule has 4 nitrogen and oxygen atoms in total. The summed E-state index contributed by atoms with van der Waals surface area (Å²) >= 11 is 0. The van der Waals surface area contributed by atoms with Crippen molar-refractivity contribution in [2.75, 3.05) is 19.6 Å². The molecular formula is C21H22N2O2. The van der Waals surface area contributed by atoms with Crippen LogP contribution >= 0.6 is 0 Å². The van der Waals surface area contributed by atoms with E-state index >= 15 is 0 Å². The number of hydrogen-bond acceptors (Lipinski definition) is 3. The normalized spacial score (nSPS) is 15.2. The van der Waals surface area contributed by atoms with Crippen LogP contribution in [0.5, 0.6) is 5.75 Å². The van der Waals surface area contributed by atoms with Crippen LogP contribution < -0.4 is 10.3 Å². The van der Waals surface area contributed by atoms with Gasteiger partial charge in [-0.1, -0.05) is 30.3 Å². The van der Waals surface area contributed by atoms with E-state index in [0.29, 0.717) is 0 Å². The number of ether oxygens (including phenoxy) is 1. The molecule has 0 spiro atoms. The maximum absolute atomic E-state index is 11.3. The summed E-state index contributed by atoms with van der Waals surface area (Å²) in [5.41, 5.74) is 2.17. The molecule has 1 aliphatic heterocycles. The SMILES string of the molecule is O=c1ccc2cc(OC3CN(CCCc4ccccc4)C3)ccc2[nH]1. The fraction of sp³-hybridized carbons (Fsp3) is 0.286. The lowest BCUT2D eigenvalue weighted by Gasteiger charge is -2.39. The van der Waals surface area contributed by atoms with Crippen LogP contribution in [0.4, 0.5) is 0 Å². The lowest BCUT2D eigenvalue weighted by molar-refractivity contribution is 0.0196. The molecule has 1 aromatic heterocycles. The molecule has 0 radical (unpaired) electrons. The Labute approximate surface area is 147 Å². The van der Waals surface area contributed by atoms with E-state index in [0.717, 1.165) is 42.7 Å². The molecule has 2 aromatic carbocycles. The predicted molar refractivity (Wildman–Crippen MR) is 100 cm³/mol. The first-order valence-corrected chi connectivity index (χ1v) is 8.82. The van der Waals surface area contributed by atoms with E-state index < -0.39 is 0 Å². The van der Waals surface area contributed by atoms with Crippen LogP contribution in [0.2, 0.25) is 0 Å². The van der Waals surface area contributed by atoms with Gasteiger partial charge in [0.2, 0.25) is 5.56 Å². The van der Waals surface area contributed by atoms with Gasteiger partial charge >= 0.3 is 0 Å². The molecular weight excluding hydrogens is 312 g/mol. The number of pyridine rings is 1. The topological polar surface area (TPSA) is 45.3 Å². The molecule has 0 atom stereocenters. The van der Waals surface area contributed by atoms with Crippen LogP contribution in [-0.2, 0) is 6.42 Å². The average molecular weight is 334 g/mol. The van der Waals surface area contributed by atoms with Crippen molar-refractivity contribution in [3.8, 4) is 5.75 Å². The number of aromatic nitrogens is 1. The Hall–Kier alpha value is -2.59. The Bertz CT molecular complexity index is 898. The molecule has 128 valence electrons. The lowest BCUT2D eigenvalue weighted by atomic mass is 10.1. The summed E-state index contributed by atoms with van der Waals surface area (Å²) in [4.78, 5) is 16.6. The number of nitrogens with one attached hydrogen (secondary N) is 1. The van der Waals surface area contributed by atoms with Crippen molar-refractivity contribution in [1.29, 1.82) is 0 Å². The number of rotatable bonds is 6. The summed E-state index contributed by atoms with van der Waals surface area (Å²) in [5.74, 6) is 0.869. The number of H-pyrrole nitrogens is 1. The van der Waals surface area contributed by atoms with Crippen molar-refractivity contribution in [1.82, 2.24) is 9.88 Å². The minimum Gasteiger partial charge on any atom is -0.488 e. The first-order chi connectivity index (χ1) is 12.3. The molecule has 0 amide bonds. The minimum atomic E-state index is -0.0775.